The van der Waals surface area contributed by atoms with Crippen molar-refractivity contribution in [1.82, 2.24) is 9.55 Å². The van der Waals surface area contributed by atoms with Gasteiger partial charge in [0, 0.05) is 24.2 Å². The maximum absolute atomic E-state index is 12.7. The van der Waals surface area contributed by atoms with Gasteiger partial charge in [0.25, 0.3) is 5.91 Å². The lowest BCUT2D eigenvalue weighted by Crippen LogP contribution is -2.09. The van der Waals surface area contributed by atoms with Gasteiger partial charge in [-0.2, -0.15) is 0 Å². The van der Waals surface area contributed by atoms with Crippen molar-refractivity contribution in [3.05, 3.63) is 82.4 Å². The van der Waals surface area contributed by atoms with Crippen LogP contribution in [0.5, 0.6) is 0 Å². The van der Waals surface area contributed by atoms with E-state index < -0.39 is 0 Å². The Balaban J connectivity index is 1.71. The maximum Gasteiger partial charge on any atom is 0.337 e. The van der Waals surface area contributed by atoms with Crippen LogP contribution in [0.2, 0.25) is 0 Å². The Kier molecular flexibility index (Phi) is 6.21. The van der Waals surface area contributed by atoms with Crippen LogP contribution in [-0.2, 0) is 22.5 Å². The number of methoxy groups -OCH3 is 1. The third-order valence-corrected chi connectivity index (χ3v) is 5.69. The lowest BCUT2D eigenvalue weighted by Gasteiger charge is -2.12. The Morgan fingerprint density at radius 3 is 2.69 bits per heavy atom. The molecule has 1 aliphatic heterocycles. The Bertz CT molecular complexity index is 1190. The Hall–Kier alpha value is -3.67. The number of esters is 1. The molecular formula is C26H27N3O3. The van der Waals surface area contributed by atoms with Crippen LogP contribution < -0.4 is 5.32 Å². The first-order valence-electron chi connectivity index (χ1n) is 10.9. The largest absolute Gasteiger partial charge is 0.465 e. The normalized spacial score (nSPS) is 13.8. The first kappa shape index (κ1) is 21.6. The Morgan fingerprint density at radius 2 is 1.97 bits per heavy atom. The van der Waals surface area contributed by atoms with Crippen molar-refractivity contribution in [2.75, 3.05) is 12.4 Å². The van der Waals surface area contributed by atoms with E-state index in [0.29, 0.717) is 17.7 Å². The number of hydrogen-bond acceptors (Lipinski definition) is 4. The number of ether oxygens (including phenoxy) is 1. The monoisotopic (exact) mass is 429 g/mol. The summed E-state index contributed by atoms with van der Waals surface area (Å²) < 4.78 is 6.94. The number of imidazole rings is 1. The number of nitrogens with one attached hydrogen (secondary N) is 1. The van der Waals surface area contributed by atoms with Gasteiger partial charge in [-0.1, -0.05) is 37.1 Å². The van der Waals surface area contributed by atoms with E-state index in [9.17, 15) is 9.59 Å². The zero-order valence-electron chi connectivity index (χ0n) is 18.6. The van der Waals surface area contributed by atoms with Crippen molar-refractivity contribution >= 4 is 29.2 Å². The summed E-state index contributed by atoms with van der Waals surface area (Å²) in [5.41, 5.74) is 5.95. The highest BCUT2D eigenvalue weighted by atomic mass is 16.5. The highest BCUT2D eigenvalue weighted by Crippen LogP contribution is 2.34. The topological polar surface area (TPSA) is 73.2 Å². The molecule has 0 saturated heterocycles. The molecule has 0 unspecified atom stereocenters. The number of carbonyl (C=O) groups is 2. The van der Waals surface area contributed by atoms with Gasteiger partial charge in [-0.05, 0) is 49.2 Å². The SMILES string of the molecule is CCCCc1ncc(/C=C2\C(=O)Nc3ccc(C)cc32)n1Cc1ccc(C(=O)OC)cc1. The van der Waals surface area contributed by atoms with Gasteiger partial charge in [-0.3, -0.25) is 4.79 Å². The molecule has 0 fully saturated rings. The number of benzene rings is 2. The molecule has 6 nitrogen and oxygen atoms in total. The summed E-state index contributed by atoms with van der Waals surface area (Å²) in [6.45, 7) is 4.78. The third kappa shape index (κ3) is 4.35. The molecule has 0 spiro atoms. The van der Waals surface area contributed by atoms with Crippen LogP contribution in [0.1, 0.15) is 58.3 Å². The van der Waals surface area contributed by atoms with Crippen LogP contribution >= 0.6 is 0 Å². The Morgan fingerprint density at radius 1 is 1.19 bits per heavy atom. The minimum absolute atomic E-state index is 0.101. The number of unbranched alkanes of at least 4 members (excludes halogenated alkanes) is 1. The predicted octanol–water partition coefficient (Wildman–Crippen LogP) is 4.86. The van der Waals surface area contributed by atoms with E-state index in [1.54, 1.807) is 12.1 Å². The maximum atomic E-state index is 12.7. The van der Waals surface area contributed by atoms with Crippen molar-refractivity contribution in [2.45, 2.75) is 39.7 Å². The summed E-state index contributed by atoms with van der Waals surface area (Å²) in [6, 6.07) is 13.4. The number of rotatable bonds is 7. The first-order chi connectivity index (χ1) is 15.5. The average Bonchev–Trinajstić information content (AvgIpc) is 3.32. The summed E-state index contributed by atoms with van der Waals surface area (Å²) in [5, 5.41) is 2.95. The molecule has 32 heavy (non-hydrogen) atoms. The molecular weight excluding hydrogens is 402 g/mol. The molecule has 0 radical (unpaired) electrons. The average molecular weight is 430 g/mol. The number of amides is 1. The molecule has 3 aromatic rings. The molecule has 164 valence electrons. The van der Waals surface area contributed by atoms with Crippen LogP contribution in [0.15, 0.2) is 48.7 Å². The summed E-state index contributed by atoms with van der Waals surface area (Å²) in [4.78, 5) is 29.1. The number of hydrogen-bond donors (Lipinski definition) is 1. The van der Waals surface area contributed by atoms with Crippen LogP contribution in [0, 0.1) is 6.92 Å². The Labute approximate surface area is 187 Å². The summed E-state index contributed by atoms with van der Waals surface area (Å²) in [5.74, 6) is 0.531. The van der Waals surface area contributed by atoms with E-state index >= 15 is 0 Å². The lowest BCUT2D eigenvalue weighted by atomic mass is 10.0. The van der Waals surface area contributed by atoms with Gasteiger partial charge in [0.1, 0.15) is 5.82 Å². The van der Waals surface area contributed by atoms with Crippen LogP contribution in [0.4, 0.5) is 5.69 Å². The van der Waals surface area contributed by atoms with Gasteiger partial charge in [0.2, 0.25) is 0 Å². The number of aryl methyl sites for hydroxylation is 2. The van der Waals surface area contributed by atoms with E-state index in [0.717, 1.165) is 53.2 Å². The molecule has 1 amide bonds. The number of carbonyl (C=O) groups excluding carboxylic acids is 2. The van der Waals surface area contributed by atoms with E-state index in [1.165, 1.54) is 7.11 Å². The number of nitrogens with zero attached hydrogens (tertiary/aromatic N) is 2. The molecule has 1 aromatic heterocycles. The second-order valence-corrected chi connectivity index (χ2v) is 8.04. The minimum atomic E-state index is -0.352. The van der Waals surface area contributed by atoms with Gasteiger partial charge in [-0.15, -0.1) is 0 Å². The van der Waals surface area contributed by atoms with Crippen molar-refractivity contribution in [3.8, 4) is 0 Å². The van der Waals surface area contributed by atoms with E-state index in [1.807, 2.05) is 49.5 Å². The molecule has 0 atom stereocenters. The first-order valence-corrected chi connectivity index (χ1v) is 10.9. The molecule has 1 N–H and O–H groups in total. The van der Waals surface area contributed by atoms with Gasteiger partial charge in [-0.25, -0.2) is 9.78 Å². The molecule has 0 aliphatic carbocycles. The fourth-order valence-corrected chi connectivity index (χ4v) is 3.90. The van der Waals surface area contributed by atoms with Gasteiger partial charge in [0.15, 0.2) is 0 Å². The molecule has 4 rings (SSSR count). The van der Waals surface area contributed by atoms with Crippen LogP contribution in [0.25, 0.3) is 11.6 Å². The summed E-state index contributed by atoms with van der Waals surface area (Å²) >= 11 is 0. The van der Waals surface area contributed by atoms with Crippen molar-refractivity contribution < 1.29 is 14.3 Å². The van der Waals surface area contributed by atoms with E-state index in [-0.39, 0.29) is 11.9 Å². The highest BCUT2D eigenvalue weighted by Gasteiger charge is 2.25. The van der Waals surface area contributed by atoms with Gasteiger partial charge < -0.3 is 14.6 Å². The molecule has 0 saturated carbocycles. The quantitative estimate of drug-likeness (QED) is 0.430. The lowest BCUT2D eigenvalue weighted by molar-refractivity contribution is -0.110. The molecule has 1 aliphatic rings. The standard InChI is InChI=1S/C26H27N3O3/c1-4-5-6-24-27-15-20(14-22-21-13-17(2)7-12-23(21)28-25(22)30)29(24)16-18-8-10-19(11-9-18)26(31)32-3/h7-15H,4-6,16H2,1-3H3,(H,28,30)/b22-14-. The van der Waals surface area contributed by atoms with Crippen molar-refractivity contribution in [3.63, 3.8) is 0 Å². The fraction of sp³-hybridized carbons (Fsp3) is 0.269. The van der Waals surface area contributed by atoms with E-state index in [2.05, 4.69) is 21.8 Å². The minimum Gasteiger partial charge on any atom is -0.465 e. The third-order valence-electron chi connectivity index (χ3n) is 5.69. The van der Waals surface area contributed by atoms with Crippen LogP contribution in [0.3, 0.4) is 0 Å². The molecule has 2 aromatic carbocycles. The van der Waals surface area contributed by atoms with Crippen LogP contribution in [-0.4, -0.2) is 28.5 Å². The van der Waals surface area contributed by atoms with Crippen molar-refractivity contribution in [1.29, 1.82) is 0 Å². The van der Waals surface area contributed by atoms with Gasteiger partial charge >= 0.3 is 5.97 Å². The zero-order valence-corrected chi connectivity index (χ0v) is 18.6. The predicted molar refractivity (Wildman–Crippen MR) is 125 cm³/mol. The zero-order chi connectivity index (χ0) is 22.7. The second kappa shape index (κ2) is 9.22. The summed E-state index contributed by atoms with van der Waals surface area (Å²) in [6.07, 6.45) is 6.73. The van der Waals surface area contributed by atoms with Crippen molar-refractivity contribution in [2.24, 2.45) is 0 Å². The molecule has 0 bridgehead atoms. The number of anilines is 1. The summed E-state index contributed by atoms with van der Waals surface area (Å²) in [7, 11) is 1.38. The number of fused-ring (bicyclic) bond motifs is 1. The molecule has 6 heteroatoms. The fourth-order valence-electron chi connectivity index (χ4n) is 3.90. The highest BCUT2D eigenvalue weighted by molar-refractivity contribution is 6.34. The van der Waals surface area contributed by atoms with Gasteiger partial charge in [0.05, 0.1) is 30.1 Å². The molecule has 2 heterocycles. The second-order valence-electron chi connectivity index (χ2n) is 8.04. The van der Waals surface area contributed by atoms with E-state index in [4.69, 9.17) is 4.74 Å². The number of aromatic nitrogens is 2. The smallest absolute Gasteiger partial charge is 0.337 e.